The zero-order chi connectivity index (χ0) is 11.8. The number of carbonyl (C=O) groups excluding carboxylic acids is 1. The number of rotatable bonds is 2. The number of ether oxygens (including phenoxy) is 1. The Morgan fingerprint density at radius 1 is 1.50 bits per heavy atom. The van der Waals surface area contributed by atoms with Crippen LogP contribution in [0.3, 0.4) is 0 Å². The maximum Gasteiger partial charge on any atom is 0.170 e. The van der Waals surface area contributed by atoms with Gasteiger partial charge in [-0.25, -0.2) is 0 Å². The molecule has 1 atom stereocenters. The van der Waals surface area contributed by atoms with E-state index in [9.17, 15) is 4.79 Å². The third-order valence-electron chi connectivity index (χ3n) is 2.91. The number of benzene rings is 1. The standard InChI is InChI=1S/C13H15BrO2/c1-3-6-13(2)8-11(15)10-7-9(14)4-5-12(10)16-13/h4-5,7H,3,6,8H2,1-2H3. The summed E-state index contributed by atoms with van der Waals surface area (Å²) < 4.78 is 6.86. The fraction of sp³-hybridized carbons (Fsp3) is 0.462. The first kappa shape index (κ1) is 11.6. The van der Waals surface area contributed by atoms with E-state index in [2.05, 4.69) is 22.9 Å². The molecule has 1 aliphatic rings. The third kappa shape index (κ3) is 2.14. The van der Waals surface area contributed by atoms with Crippen LogP contribution in [-0.2, 0) is 0 Å². The molecule has 3 heteroatoms. The van der Waals surface area contributed by atoms with E-state index in [0.29, 0.717) is 12.0 Å². The monoisotopic (exact) mass is 282 g/mol. The van der Waals surface area contributed by atoms with Gasteiger partial charge in [0.05, 0.1) is 12.0 Å². The molecule has 0 fully saturated rings. The summed E-state index contributed by atoms with van der Waals surface area (Å²) in [4.78, 5) is 12.0. The van der Waals surface area contributed by atoms with Gasteiger partial charge >= 0.3 is 0 Å². The van der Waals surface area contributed by atoms with Gasteiger partial charge in [-0.15, -0.1) is 0 Å². The summed E-state index contributed by atoms with van der Waals surface area (Å²) in [5.74, 6) is 0.897. The molecule has 2 rings (SSSR count). The Kier molecular flexibility index (Phi) is 3.06. The van der Waals surface area contributed by atoms with E-state index in [1.807, 2.05) is 25.1 Å². The molecule has 0 radical (unpaired) electrons. The topological polar surface area (TPSA) is 26.3 Å². The molecule has 86 valence electrons. The van der Waals surface area contributed by atoms with Crippen LogP contribution in [0, 0.1) is 0 Å². The zero-order valence-electron chi connectivity index (χ0n) is 9.55. The molecule has 0 N–H and O–H groups in total. The van der Waals surface area contributed by atoms with Crippen LogP contribution in [0.5, 0.6) is 5.75 Å². The molecule has 1 unspecified atom stereocenters. The van der Waals surface area contributed by atoms with E-state index in [1.54, 1.807) is 0 Å². The van der Waals surface area contributed by atoms with Crippen LogP contribution in [0.4, 0.5) is 0 Å². The second-order valence-corrected chi connectivity index (χ2v) is 5.46. The Hall–Kier alpha value is -0.830. The Labute approximate surface area is 104 Å². The van der Waals surface area contributed by atoms with Gasteiger partial charge in [0.25, 0.3) is 0 Å². The van der Waals surface area contributed by atoms with Crippen LogP contribution < -0.4 is 4.74 Å². The predicted molar refractivity (Wildman–Crippen MR) is 67.0 cm³/mol. The second kappa shape index (κ2) is 4.21. The summed E-state index contributed by atoms with van der Waals surface area (Å²) in [6.45, 7) is 4.12. The summed E-state index contributed by atoms with van der Waals surface area (Å²) in [5.41, 5.74) is 0.370. The van der Waals surface area contributed by atoms with E-state index >= 15 is 0 Å². The Morgan fingerprint density at radius 2 is 2.25 bits per heavy atom. The summed E-state index contributed by atoms with van der Waals surface area (Å²) in [6.07, 6.45) is 2.41. The van der Waals surface area contributed by atoms with Gasteiger partial charge in [-0.1, -0.05) is 29.3 Å². The quantitative estimate of drug-likeness (QED) is 0.820. The second-order valence-electron chi connectivity index (χ2n) is 4.54. The minimum Gasteiger partial charge on any atom is -0.486 e. The summed E-state index contributed by atoms with van der Waals surface area (Å²) in [7, 11) is 0. The van der Waals surface area contributed by atoms with Crippen molar-refractivity contribution in [2.45, 2.75) is 38.7 Å². The average molecular weight is 283 g/mol. The largest absolute Gasteiger partial charge is 0.486 e. The molecular weight excluding hydrogens is 268 g/mol. The van der Waals surface area contributed by atoms with E-state index in [4.69, 9.17) is 4.74 Å². The first-order valence-electron chi connectivity index (χ1n) is 5.56. The predicted octanol–water partition coefficient (Wildman–Crippen LogP) is 3.97. The summed E-state index contributed by atoms with van der Waals surface area (Å²) in [6, 6.07) is 5.61. The van der Waals surface area contributed by atoms with Crippen molar-refractivity contribution in [2.24, 2.45) is 0 Å². The van der Waals surface area contributed by atoms with Crippen LogP contribution in [0.25, 0.3) is 0 Å². The van der Waals surface area contributed by atoms with E-state index < -0.39 is 0 Å². The molecular formula is C13H15BrO2. The SMILES string of the molecule is CCCC1(C)CC(=O)c2cc(Br)ccc2O1. The van der Waals surface area contributed by atoms with Crippen molar-refractivity contribution >= 4 is 21.7 Å². The van der Waals surface area contributed by atoms with Crippen LogP contribution in [-0.4, -0.2) is 11.4 Å². The first-order valence-corrected chi connectivity index (χ1v) is 6.35. The highest BCUT2D eigenvalue weighted by Crippen LogP contribution is 2.36. The molecule has 0 saturated heterocycles. The number of halogens is 1. The van der Waals surface area contributed by atoms with Gasteiger partial charge in [0.2, 0.25) is 0 Å². The normalized spacial score (nSPS) is 23.8. The van der Waals surface area contributed by atoms with Gasteiger partial charge in [-0.2, -0.15) is 0 Å². The van der Waals surface area contributed by atoms with E-state index in [1.165, 1.54) is 0 Å². The van der Waals surface area contributed by atoms with E-state index in [0.717, 1.165) is 23.1 Å². The van der Waals surface area contributed by atoms with Crippen LogP contribution in [0.2, 0.25) is 0 Å². The van der Waals surface area contributed by atoms with Gasteiger partial charge in [0, 0.05) is 4.47 Å². The maximum absolute atomic E-state index is 12.0. The van der Waals surface area contributed by atoms with Gasteiger partial charge in [0.15, 0.2) is 5.78 Å². The van der Waals surface area contributed by atoms with Crippen molar-refractivity contribution in [1.82, 2.24) is 0 Å². The molecule has 1 aliphatic heterocycles. The minimum absolute atomic E-state index is 0.179. The lowest BCUT2D eigenvalue weighted by molar-refractivity contribution is 0.0465. The van der Waals surface area contributed by atoms with Crippen molar-refractivity contribution in [3.8, 4) is 5.75 Å². The fourth-order valence-electron chi connectivity index (χ4n) is 2.21. The number of carbonyl (C=O) groups is 1. The average Bonchev–Trinajstić information content (AvgIpc) is 2.19. The highest BCUT2D eigenvalue weighted by molar-refractivity contribution is 9.10. The number of hydrogen-bond acceptors (Lipinski definition) is 2. The lowest BCUT2D eigenvalue weighted by Crippen LogP contribution is -2.38. The summed E-state index contributed by atoms with van der Waals surface area (Å²) in [5, 5.41) is 0. The Bertz CT molecular complexity index is 428. The number of Topliss-reactive ketones (excluding diaryl/α,β-unsaturated/α-hetero) is 1. The molecule has 1 aromatic carbocycles. The van der Waals surface area contributed by atoms with Gasteiger partial charge in [-0.3, -0.25) is 4.79 Å². The number of ketones is 1. The number of fused-ring (bicyclic) bond motifs is 1. The highest BCUT2D eigenvalue weighted by Gasteiger charge is 2.35. The minimum atomic E-state index is -0.327. The lowest BCUT2D eigenvalue weighted by Gasteiger charge is -2.34. The smallest absolute Gasteiger partial charge is 0.170 e. The molecule has 2 nitrogen and oxygen atoms in total. The molecule has 0 saturated carbocycles. The van der Waals surface area contributed by atoms with Crippen LogP contribution >= 0.6 is 15.9 Å². The molecule has 0 amide bonds. The molecule has 0 bridgehead atoms. The molecule has 0 spiro atoms. The van der Waals surface area contributed by atoms with Crippen molar-refractivity contribution in [2.75, 3.05) is 0 Å². The van der Waals surface area contributed by atoms with E-state index in [-0.39, 0.29) is 11.4 Å². The molecule has 1 aromatic rings. The van der Waals surface area contributed by atoms with Gasteiger partial charge in [-0.05, 0) is 31.5 Å². The van der Waals surface area contributed by atoms with Crippen molar-refractivity contribution in [1.29, 1.82) is 0 Å². The maximum atomic E-state index is 12.0. The Balaban J connectivity index is 2.37. The molecule has 16 heavy (non-hydrogen) atoms. The van der Waals surface area contributed by atoms with Crippen LogP contribution in [0.1, 0.15) is 43.5 Å². The van der Waals surface area contributed by atoms with Gasteiger partial charge < -0.3 is 4.74 Å². The third-order valence-corrected chi connectivity index (χ3v) is 3.40. The highest BCUT2D eigenvalue weighted by atomic mass is 79.9. The molecule has 0 aliphatic carbocycles. The van der Waals surface area contributed by atoms with Crippen molar-refractivity contribution < 1.29 is 9.53 Å². The summed E-state index contributed by atoms with van der Waals surface area (Å²) >= 11 is 3.37. The first-order chi connectivity index (χ1) is 7.54. The van der Waals surface area contributed by atoms with Crippen molar-refractivity contribution in [3.05, 3.63) is 28.2 Å². The number of hydrogen-bond donors (Lipinski definition) is 0. The zero-order valence-corrected chi connectivity index (χ0v) is 11.1. The molecule has 1 heterocycles. The fourth-order valence-corrected chi connectivity index (χ4v) is 2.57. The van der Waals surface area contributed by atoms with Crippen LogP contribution in [0.15, 0.2) is 22.7 Å². The Morgan fingerprint density at radius 3 is 2.94 bits per heavy atom. The lowest BCUT2D eigenvalue weighted by atomic mass is 9.88. The molecule has 0 aromatic heterocycles. The van der Waals surface area contributed by atoms with Crippen molar-refractivity contribution in [3.63, 3.8) is 0 Å². The van der Waals surface area contributed by atoms with Gasteiger partial charge in [0.1, 0.15) is 11.4 Å².